The summed E-state index contributed by atoms with van der Waals surface area (Å²) in [6.07, 6.45) is 3.66. The lowest BCUT2D eigenvalue weighted by Gasteiger charge is -2.16. The molecule has 6 heteroatoms. The molecule has 4 rings (SSSR count). The van der Waals surface area contributed by atoms with E-state index >= 15 is 0 Å². The van der Waals surface area contributed by atoms with Crippen LogP contribution in [0.25, 0.3) is 10.2 Å². The van der Waals surface area contributed by atoms with Crippen molar-refractivity contribution in [2.24, 2.45) is 0 Å². The molecule has 0 bridgehead atoms. The van der Waals surface area contributed by atoms with Gasteiger partial charge in [-0.3, -0.25) is 14.3 Å². The van der Waals surface area contributed by atoms with Crippen molar-refractivity contribution in [2.75, 3.05) is 13.1 Å². The van der Waals surface area contributed by atoms with Crippen LogP contribution in [0.5, 0.6) is 0 Å². The van der Waals surface area contributed by atoms with E-state index in [-0.39, 0.29) is 11.6 Å². The largest absolute Gasteiger partial charge is 0.323 e. The summed E-state index contributed by atoms with van der Waals surface area (Å²) in [5.41, 5.74) is 1.19. The zero-order chi connectivity index (χ0) is 14.7. The van der Waals surface area contributed by atoms with E-state index in [0.717, 1.165) is 41.3 Å². The number of nitrogens with one attached hydrogen (secondary N) is 1. The molecule has 2 aromatic heterocycles. The highest BCUT2D eigenvalue weighted by Crippen LogP contribution is 2.33. The minimum Gasteiger partial charge on any atom is -0.323 e. The topological polar surface area (TPSA) is 41.0 Å². The Hall–Kier alpha value is -0.980. The number of aromatic amines is 1. The molecule has 21 heavy (non-hydrogen) atoms. The Labute approximate surface area is 132 Å². The van der Waals surface area contributed by atoms with Crippen molar-refractivity contribution in [3.63, 3.8) is 0 Å². The van der Waals surface area contributed by atoms with E-state index in [9.17, 15) is 4.79 Å². The van der Waals surface area contributed by atoms with Gasteiger partial charge in [0.25, 0.3) is 5.56 Å². The van der Waals surface area contributed by atoms with Crippen molar-refractivity contribution in [3.8, 4) is 0 Å². The number of hydrogen-bond acceptors (Lipinski definition) is 4. The predicted octanol–water partition coefficient (Wildman–Crippen LogP) is 3.15. The van der Waals surface area contributed by atoms with Gasteiger partial charge < -0.3 is 4.98 Å². The lowest BCUT2D eigenvalue weighted by atomic mass is 10.2. The first kappa shape index (κ1) is 13.7. The zero-order valence-corrected chi connectivity index (χ0v) is 13.9. The first-order valence-corrected chi connectivity index (χ1v) is 8.77. The Morgan fingerprint density at radius 2 is 2.00 bits per heavy atom. The molecule has 0 spiro atoms. The highest BCUT2D eigenvalue weighted by Gasteiger charge is 2.35. The number of nitrogens with zero attached hydrogens (tertiary/aromatic N) is 2. The summed E-state index contributed by atoms with van der Waals surface area (Å²) in [6.45, 7) is 6.15. The monoisotopic (exact) mass is 321 g/mol. The van der Waals surface area contributed by atoms with Crippen LogP contribution < -0.4 is 5.56 Å². The van der Waals surface area contributed by atoms with Crippen molar-refractivity contribution >= 4 is 33.8 Å². The summed E-state index contributed by atoms with van der Waals surface area (Å²) in [6, 6.07) is 0.989. The predicted molar refractivity (Wildman–Crippen MR) is 89.0 cm³/mol. The van der Waals surface area contributed by atoms with Gasteiger partial charge in [0.05, 0.1) is 11.4 Å². The van der Waals surface area contributed by atoms with Gasteiger partial charge in [-0.25, -0.2) is 0 Å². The van der Waals surface area contributed by atoms with Gasteiger partial charge in [-0.05, 0) is 50.9 Å². The van der Waals surface area contributed by atoms with Gasteiger partial charge in [-0.1, -0.05) is 0 Å². The molecule has 1 aliphatic heterocycles. The molecule has 0 aromatic carbocycles. The number of thiophene rings is 1. The van der Waals surface area contributed by atoms with E-state index < -0.39 is 0 Å². The molecule has 2 aromatic rings. The summed E-state index contributed by atoms with van der Waals surface area (Å²) < 4.78 is 2.41. The van der Waals surface area contributed by atoms with Crippen LogP contribution in [-0.2, 0) is 0 Å². The van der Waals surface area contributed by atoms with Gasteiger partial charge >= 0.3 is 0 Å². The Balaban J connectivity index is 1.83. The molecule has 0 amide bonds. The molecule has 1 atom stereocenters. The van der Waals surface area contributed by atoms with E-state index in [0.29, 0.717) is 4.77 Å². The molecule has 2 aliphatic rings. The Morgan fingerprint density at radius 1 is 1.24 bits per heavy atom. The first-order chi connectivity index (χ1) is 10.1. The second kappa shape index (κ2) is 4.76. The standard InChI is InChI=1S/C15H19N3OS2/c1-8-9(2)21-13-12(8)14(19)18(15(20)16-13)11-5-6-17(7-11)10-3-4-10/h10-11H,3-7H2,1-2H3,(H,16,20). The summed E-state index contributed by atoms with van der Waals surface area (Å²) >= 11 is 7.10. The van der Waals surface area contributed by atoms with Crippen LogP contribution in [0, 0.1) is 18.6 Å². The van der Waals surface area contributed by atoms with Gasteiger partial charge in [-0.15, -0.1) is 11.3 Å². The summed E-state index contributed by atoms with van der Waals surface area (Å²) in [5.74, 6) is 0. The number of aromatic nitrogens is 2. The molecule has 4 nitrogen and oxygen atoms in total. The minimum atomic E-state index is 0.0956. The van der Waals surface area contributed by atoms with E-state index in [1.807, 2.05) is 11.5 Å². The molecule has 3 heterocycles. The molecule has 1 unspecified atom stereocenters. The van der Waals surface area contributed by atoms with Crippen LogP contribution in [0.4, 0.5) is 0 Å². The van der Waals surface area contributed by atoms with Gasteiger partial charge in [0.2, 0.25) is 0 Å². The molecule has 1 saturated heterocycles. The van der Waals surface area contributed by atoms with Crippen molar-refractivity contribution in [2.45, 2.75) is 45.2 Å². The number of H-pyrrole nitrogens is 1. The molecule has 112 valence electrons. The third-order valence-electron chi connectivity index (χ3n) is 4.88. The number of fused-ring (bicyclic) bond motifs is 1. The lowest BCUT2D eigenvalue weighted by molar-refractivity contribution is 0.312. The average Bonchev–Trinajstić information content (AvgIpc) is 3.10. The maximum atomic E-state index is 12.9. The molecule has 1 N–H and O–H groups in total. The highest BCUT2D eigenvalue weighted by atomic mass is 32.1. The van der Waals surface area contributed by atoms with Gasteiger partial charge in [0.1, 0.15) is 4.83 Å². The van der Waals surface area contributed by atoms with Crippen LogP contribution in [0.2, 0.25) is 0 Å². The van der Waals surface area contributed by atoms with Crippen molar-refractivity contribution in [3.05, 3.63) is 25.6 Å². The van der Waals surface area contributed by atoms with Gasteiger partial charge in [-0.2, -0.15) is 0 Å². The second-order valence-electron chi connectivity index (χ2n) is 6.26. The number of hydrogen-bond donors (Lipinski definition) is 1. The fourth-order valence-electron chi connectivity index (χ4n) is 3.42. The van der Waals surface area contributed by atoms with Crippen LogP contribution in [0.1, 0.15) is 35.7 Å². The van der Waals surface area contributed by atoms with Gasteiger partial charge in [0, 0.05) is 24.0 Å². The molecule has 1 aliphatic carbocycles. The average molecular weight is 321 g/mol. The number of likely N-dealkylation sites (tertiary alicyclic amines) is 1. The lowest BCUT2D eigenvalue weighted by Crippen LogP contribution is -2.29. The Kier molecular flexibility index (Phi) is 3.10. The quantitative estimate of drug-likeness (QED) is 0.864. The van der Waals surface area contributed by atoms with Crippen LogP contribution in [0.3, 0.4) is 0 Å². The van der Waals surface area contributed by atoms with Crippen LogP contribution in [-0.4, -0.2) is 33.6 Å². The normalized spacial score (nSPS) is 23.2. The summed E-state index contributed by atoms with van der Waals surface area (Å²) in [5, 5.41) is 0.830. The summed E-state index contributed by atoms with van der Waals surface area (Å²) in [7, 11) is 0. The molecule has 0 radical (unpaired) electrons. The number of rotatable bonds is 2. The molecular formula is C15H19N3OS2. The minimum absolute atomic E-state index is 0.0956. The SMILES string of the molecule is Cc1sc2[nH]c(=S)n(C3CCN(C4CC4)C3)c(=O)c2c1C. The third kappa shape index (κ3) is 2.12. The van der Waals surface area contributed by atoms with Crippen LogP contribution >= 0.6 is 23.6 Å². The van der Waals surface area contributed by atoms with Gasteiger partial charge in [0.15, 0.2) is 4.77 Å². The van der Waals surface area contributed by atoms with Crippen molar-refractivity contribution < 1.29 is 0 Å². The Bertz CT molecular complexity index is 828. The van der Waals surface area contributed by atoms with E-state index in [4.69, 9.17) is 12.2 Å². The number of aryl methyl sites for hydroxylation is 2. The maximum Gasteiger partial charge on any atom is 0.263 e. The van der Waals surface area contributed by atoms with E-state index in [1.54, 1.807) is 11.3 Å². The third-order valence-corrected chi connectivity index (χ3v) is 6.30. The Morgan fingerprint density at radius 3 is 2.71 bits per heavy atom. The molecule has 2 fully saturated rings. The maximum absolute atomic E-state index is 12.9. The second-order valence-corrected chi connectivity index (χ2v) is 7.87. The molecular weight excluding hydrogens is 302 g/mol. The van der Waals surface area contributed by atoms with Crippen molar-refractivity contribution in [1.29, 1.82) is 0 Å². The smallest absolute Gasteiger partial charge is 0.263 e. The first-order valence-electron chi connectivity index (χ1n) is 7.55. The fourth-order valence-corrected chi connectivity index (χ4v) is 4.87. The summed E-state index contributed by atoms with van der Waals surface area (Å²) in [4.78, 5) is 20.8. The van der Waals surface area contributed by atoms with Crippen molar-refractivity contribution in [1.82, 2.24) is 14.5 Å². The zero-order valence-electron chi connectivity index (χ0n) is 12.3. The molecule has 1 saturated carbocycles. The highest BCUT2D eigenvalue weighted by molar-refractivity contribution is 7.71. The van der Waals surface area contributed by atoms with E-state index in [1.165, 1.54) is 17.7 Å². The van der Waals surface area contributed by atoms with Crippen LogP contribution in [0.15, 0.2) is 4.79 Å². The fraction of sp³-hybridized carbons (Fsp3) is 0.600. The van der Waals surface area contributed by atoms with E-state index in [2.05, 4.69) is 16.8 Å².